The van der Waals surface area contributed by atoms with E-state index >= 15 is 0 Å². The molecule has 2 rings (SSSR count). The third-order valence-electron chi connectivity index (χ3n) is 2.57. The summed E-state index contributed by atoms with van der Waals surface area (Å²) in [5.41, 5.74) is 0.552. The van der Waals surface area contributed by atoms with Crippen molar-refractivity contribution in [2.75, 3.05) is 0 Å². The van der Waals surface area contributed by atoms with Gasteiger partial charge in [-0.15, -0.1) is 0 Å². The number of aryl methyl sites for hydroxylation is 1. The van der Waals surface area contributed by atoms with Crippen molar-refractivity contribution in [3.8, 4) is 0 Å². The van der Waals surface area contributed by atoms with E-state index in [-0.39, 0.29) is 11.7 Å². The van der Waals surface area contributed by atoms with Crippen LogP contribution in [0.2, 0.25) is 5.02 Å². The molecule has 1 fully saturated rings. The Labute approximate surface area is 81.7 Å². The second kappa shape index (κ2) is 2.84. The van der Waals surface area contributed by atoms with Crippen molar-refractivity contribution in [3.63, 3.8) is 0 Å². The standard InChI is InChI=1S/C9H11ClN2O/c1-5-3-6(5)9(13)8-7(10)4-11-12(8)2/h4-6H,3H2,1-2H3. The number of rotatable bonds is 2. The maximum absolute atomic E-state index is 11.8. The van der Waals surface area contributed by atoms with Crippen LogP contribution in [0.3, 0.4) is 0 Å². The monoisotopic (exact) mass is 198 g/mol. The van der Waals surface area contributed by atoms with Gasteiger partial charge in [-0.25, -0.2) is 0 Å². The van der Waals surface area contributed by atoms with Crippen LogP contribution < -0.4 is 0 Å². The van der Waals surface area contributed by atoms with Gasteiger partial charge in [0.05, 0.1) is 11.2 Å². The van der Waals surface area contributed by atoms with E-state index in [1.165, 1.54) is 6.20 Å². The molecule has 1 aliphatic carbocycles. The SMILES string of the molecule is CC1CC1C(=O)c1c(Cl)cnn1C. The number of carbonyl (C=O) groups excluding carboxylic acids is 1. The first-order chi connectivity index (χ1) is 6.11. The van der Waals surface area contributed by atoms with E-state index in [1.807, 2.05) is 0 Å². The Morgan fingerprint density at radius 3 is 2.77 bits per heavy atom. The first-order valence-electron chi connectivity index (χ1n) is 4.33. The van der Waals surface area contributed by atoms with E-state index < -0.39 is 0 Å². The Morgan fingerprint density at radius 1 is 1.77 bits per heavy atom. The van der Waals surface area contributed by atoms with Crippen LogP contribution in [-0.4, -0.2) is 15.6 Å². The number of Topliss-reactive ketones (excluding diaryl/α,β-unsaturated/α-hetero) is 1. The molecular weight excluding hydrogens is 188 g/mol. The van der Waals surface area contributed by atoms with Crippen molar-refractivity contribution in [1.82, 2.24) is 9.78 Å². The molecule has 1 saturated carbocycles. The molecule has 0 spiro atoms. The molecule has 0 aliphatic heterocycles. The lowest BCUT2D eigenvalue weighted by molar-refractivity contribution is 0.0953. The fraction of sp³-hybridized carbons (Fsp3) is 0.556. The maximum Gasteiger partial charge on any atom is 0.185 e. The molecule has 2 unspecified atom stereocenters. The Kier molecular flexibility index (Phi) is 1.91. The van der Waals surface area contributed by atoms with E-state index in [2.05, 4.69) is 12.0 Å². The van der Waals surface area contributed by atoms with Gasteiger partial charge in [0.15, 0.2) is 5.78 Å². The molecule has 1 aliphatic rings. The van der Waals surface area contributed by atoms with Gasteiger partial charge in [-0.1, -0.05) is 18.5 Å². The van der Waals surface area contributed by atoms with Gasteiger partial charge < -0.3 is 0 Å². The van der Waals surface area contributed by atoms with Crippen molar-refractivity contribution in [1.29, 1.82) is 0 Å². The summed E-state index contributed by atoms with van der Waals surface area (Å²) in [4.78, 5) is 11.8. The van der Waals surface area contributed by atoms with Gasteiger partial charge >= 0.3 is 0 Å². The summed E-state index contributed by atoms with van der Waals surface area (Å²) in [6.45, 7) is 2.08. The first kappa shape index (κ1) is 8.75. The van der Waals surface area contributed by atoms with Gasteiger partial charge in [0.1, 0.15) is 5.69 Å². The average molecular weight is 199 g/mol. The molecule has 1 aromatic heterocycles. The lowest BCUT2D eigenvalue weighted by atomic mass is 10.1. The number of nitrogens with zero attached hydrogens (tertiary/aromatic N) is 2. The molecule has 1 heterocycles. The minimum Gasteiger partial charge on any atom is -0.292 e. The Morgan fingerprint density at radius 2 is 2.38 bits per heavy atom. The number of aromatic nitrogens is 2. The molecule has 1 aromatic rings. The van der Waals surface area contributed by atoms with Crippen LogP contribution in [0.15, 0.2) is 6.20 Å². The fourth-order valence-corrected chi connectivity index (χ4v) is 1.81. The van der Waals surface area contributed by atoms with Crippen molar-refractivity contribution < 1.29 is 4.79 Å². The van der Waals surface area contributed by atoms with Gasteiger partial charge in [0, 0.05) is 13.0 Å². The van der Waals surface area contributed by atoms with Crippen molar-refractivity contribution in [3.05, 3.63) is 16.9 Å². The lowest BCUT2D eigenvalue weighted by Gasteiger charge is -1.99. The average Bonchev–Trinajstić information content (AvgIpc) is 2.70. The number of ketones is 1. The molecule has 0 saturated heterocycles. The number of hydrogen-bond donors (Lipinski definition) is 0. The minimum absolute atomic E-state index is 0.137. The molecule has 4 heteroatoms. The summed E-state index contributed by atoms with van der Waals surface area (Å²) in [6, 6.07) is 0. The Balaban J connectivity index is 2.29. The molecule has 13 heavy (non-hydrogen) atoms. The van der Waals surface area contributed by atoms with Crippen molar-refractivity contribution in [2.24, 2.45) is 18.9 Å². The molecule has 0 bridgehead atoms. The van der Waals surface area contributed by atoms with Crippen LogP contribution in [0.4, 0.5) is 0 Å². The lowest BCUT2D eigenvalue weighted by Crippen LogP contribution is -2.10. The molecule has 0 amide bonds. The predicted octanol–water partition coefficient (Wildman–Crippen LogP) is 1.91. The summed E-state index contributed by atoms with van der Waals surface area (Å²) in [7, 11) is 1.74. The molecular formula is C9H11ClN2O. The predicted molar refractivity (Wildman–Crippen MR) is 49.8 cm³/mol. The molecule has 3 nitrogen and oxygen atoms in total. The van der Waals surface area contributed by atoms with E-state index in [0.29, 0.717) is 16.6 Å². The molecule has 0 radical (unpaired) electrons. The summed E-state index contributed by atoms with van der Waals surface area (Å²) in [5.74, 6) is 0.823. The van der Waals surface area contributed by atoms with E-state index in [1.54, 1.807) is 11.7 Å². The second-order valence-electron chi connectivity index (χ2n) is 3.65. The van der Waals surface area contributed by atoms with Crippen LogP contribution in [0.25, 0.3) is 0 Å². The van der Waals surface area contributed by atoms with Crippen LogP contribution in [0.1, 0.15) is 23.8 Å². The molecule has 70 valence electrons. The zero-order chi connectivity index (χ0) is 9.59. The highest BCUT2D eigenvalue weighted by Crippen LogP contribution is 2.41. The summed E-state index contributed by atoms with van der Waals surface area (Å²) >= 11 is 5.86. The zero-order valence-corrected chi connectivity index (χ0v) is 8.38. The van der Waals surface area contributed by atoms with Crippen LogP contribution in [0.5, 0.6) is 0 Å². The highest BCUT2D eigenvalue weighted by Gasteiger charge is 2.41. The quantitative estimate of drug-likeness (QED) is 0.681. The Hall–Kier alpha value is -0.830. The summed E-state index contributed by atoms with van der Waals surface area (Å²) < 4.78 is 1.55. The number of hydrogen-bond acceptors (Lipinski definition) is 2. The number of carbonyl (C=O) groups is 1. The van der Waals surface area contributed by atoms with E-state index in [0.717, 1.165) is 6.42 Å². The van der Waals surface area contributed by atoms with E-state index in [4.69, 9.17) is 11.6 Å². The van der Waals surface area contributed by atoms with E-state index in [9.17, 15) is 4.79 Å². The second-order valence-corrected chi connectivity index (χ2v) is 4.06. The van der Waals surface area contributed by atoms with Crippen molar-refractivity contribution >= 4 is 17.4 Å². The van der Waals surface area contributed by atoms with Gasteiger partial charge in [-0.2, -0.15) is 5.10 Å². The molecule has 0 aromatic carbocycles. The largest absolute Gasteiger partial charge is 0.292 e. The van der Waals surface area contributed by atoms with Gasteiger partial charge in [-0.3, -0.25) is 9.48 Å². The van der Waals surface area contributed by atoms with Gasteiger partial charge in [0.2, 0.25) is 0 Å². The number of halogens is 1. The first-order valence-corrected chi connectivity index (χ1v) is 4.70. The topological polar surface area (TPSA) is 34.9 Å². The third-order valence-corrected chi connectivity index (χ3v) is 2.85. The molecule has 2 atom stereocenters. The summed E-state index contributed by atoms with van der Waals surface area (Å²) in [6.07, 6.45) is 2.50. The highest BCUT2D eigenvalue weighted by molar-refractivity contribution is 6.33. The zero-order valence-electron chi connectivity index (χ0n) is 7.62. The molecule has 0 N–H and O–H groups in total. The van der Waals surface area contributed by atoms with Gasteiger partial charge in [0.25, 0.3) is 0 Å². The van der Waals surface area contributed by atoms with Crippen LogP contribution >= 0.6 is 11.6 Å². The maximum atomic E-state index is 11.8. The van der Waals surface area contributed by atoms with Crippen LogP contribution in [-0.2, 0) is 7.05 Å². The Bertz CT molecular complexity index is 339. The smallest absolute Gasteiger partial charge is 0.185 e. The third kappa shape index (κ3) is 1.37. The van der Waals surface area contributed by atoms with Crippen LogP contribution in [0, 0.1) is 11.8 Å². The normalized spacial score (nSPS) is 26.1. The van der Waals surface area contributed by atoms with Crippen molar-refractivity contribution in [2.45, 2.75) is 13.3 Å². The van der Waals surface area contributed by atoms with Gasteiger partial charge in [-0.05, 0) is 12.3 Å². The fourth-order valence-electron chi connectivity index (χ4n) is 1.55. The highest BCUT2D eigenvalue weighted by atomic mass is 35.5. The summed E-state index contributed by atoms with van der Waals surface area (Å²) in [5, 5.41) is 4.40. The minimum atomic E-state index is 0.137.